The molecule has 0 amide bonds. The fraction of sp³-hybridized carbons (Fsp3) is 0.471. The van der Waals surface area contributed by atoms with Gasteiger partial charge in [0.05, 0.1) is 0 Å². The topological polar surface area (TPSA) is 17.1 Å². The highest BCUT2D eigenvalue weighted by Crippen LogP contribution is 2.52. The maximum atomic E-state index is 11.5. The van der Waals surface area contributed by atoms with E-state index in [2.05, 4.69) is 24.3 Å². The van der Waals surface area contributed by atoms with Crippen LogP contribution in [0.4, 0.5) is 0 Å². The van der Waals surface area contributed by atoms with Gasteiger partial charge in [0, 0.05) is 5.92 Å². The van der Waals surface area contributed by atoms with Crippen LogP contribution >= 0.6 is 0 Å². The highest BCUT2D eigenvalue weighted by atomic mass is 16.1. The van der Waals surface area contributed by atoms with Crippen molar-refractivity contribution in [2.75, 3.05) is 0 Å². The Morgan fingerprint density at radius 3 is 3.00 bits per heavy atom. The van der Waals surface area contributed by atoms with Crippen molar-refractivity contribution in [1.29, 1.82) is 0 Å². The molecule has 0 aliphatic heterocycles. The van der Waals surface area contributed by atoms with Crippen molar-refractivity contribution < 1.29 is 4.79 Å². The summed E-state index contributed by atoms with van der Waals surface area (Å²) in [6.45, 7) is 0. The lowest BCUT2D eigenvalue weighted by atomic mass is 9.59. The summed E-state index contributed by atoms with van der Waals surface area (Å²) < 4.78 is 0. The monoisotopic (exact) mass is 238 g/mol. The van der Waals surface area contributed by atoms with E-state index in [1.54, 1.807) is 11.6 Å². The number of ketones is 1. The SMILES string of the molecule is O=C1C=CC2C(=C1)CCC1C3=CC=CC3CCC21. The maximum Gasteiger partial charge on any atom is 0.178 e. The Balaban J connectivity index is 1.68. The van der Waals surface area contributed by atoms with Crippen molar-refractivity contribution in [1.82, 2.24) is 0 Å². The Bertz CT molecular complexity index is 518. The largest absolute Gasteiger partial charge is 0.290 e. The predicted octanol–water partition coefficient (Wildman–Crippen LogP) is 3.60. The fourth-order valence-electron chi connectivity index (χ4n) is 4.46. The number of carbonyl (C=O) groups is 1. The third-order valence-electron chi connectivity index (χ3n) is 5.25. The molecule has 2 saturated carbocycles. The van der Waals surface area contributed by atoms with E-state index in [0.717, 1.165) is 24.2 Å². The first-order valence-electron chi connectivity index (χ1n) is 7.14. The van der Waals surface area contributed by atoms with E-state index in [4.69, 9.17) is 0 Å². The molecule has 0 N–H and O–H groups in total. The summed E-state index contributed by atoms with van der Waals surface area (Å²) in [7, 11) is 0. The zero-order valence-electron chi connectivity index (χ0n) is 10.5. The van der Waals surface area contributed by atoms with Crippen LogP contribution in [-0.2, 0) is 4.79 Å². The number of hydrogen-bond acceptors (Lipinski definition) is 1. The van der Waals surface area contributed by atoms with Crippen molar-refractivity contribution >= 4 is 5.78 Å². The third-order valence-corrected chi connectivity index (χ3v) is 5.25. The summed E-state index contributed by atoms with van der Waals surface area (Å²) in [6.07, 6.45) is 17.8. The Morgan fingerprint density at radius 1 is 1.11 bits per heavy atom. The van der Waals surface area contributed by atoms with Crippen LogP contribution in [0.2, 0.25) is 0 Å². The molecule has 2 fully saturated rings. The summed E-state index contributed by atoms with van der Waals surface area (Å²) >= 11 is 0. The second kappa shape index (κ2) is 3.81. The Kier molecular flexibility index (Phi) is 2.23. The second-order valence-corrected chi connectivity index (χ2v) is 6.05. The van der Waals surface area contributed by atoms with Crippen molar-refractivity contribution in [2.45, 2.75) is 25.7 Å². The molecule has 0 radical (unpaired) electrons. The molecule has 1 nitrogen and oxygen atoms in total. The summed E-state index contributed by atoms with van der Waals surface area (Å²) in [5, 5.41) is 0. The van der Waals surface area contributed by atoms with Crippen LogP contribution in [0.25, 0.3) is 0 Å². The minimum Gasteiger partial charge on any atom is -0.290 e. The molecule has 0 spiro atoms. The van der Waals surface area contributed by atoms with Gasteiger partial charge in [-0.05, 0) is 55.6 Å². The Hall–Kier alpha value is -1.37. The predicted molar refractivity (Wildman–Crippen MR) is 71.9 cm³/mol. The van der Waals surface area contributed by atoms with Gasteiger partial charge in [0.2, 0.25) is 0 Å². The quantitative estimate of drug-likeness (QED) is 0.630. The molecule has 18 heavy (non-hydrogen) atoms. The van der Waals surface area contributed by atoms with Gasteiger partial charge in [-0.1, -0.05) is 35.5 Å². The molecule has 4 unspecified atom stereocenters. The van der Waals surface area contributed by atoms with Gasteiger partial charge in [-0.15, -0.1) is 0 Å². The molecule has 0 bridgehead atoms. The lowest BCUT2D eigenvalue weighted by Crippen LogP contribution is -2.36. The van der Waals surface area contributed by atoms with E-state index in [0.29, 0.717) is 5.92 Å². The molecule has 0 aromatic heterocycles. The van der Waals surface area contributed by atoms with Gasteiger partial charge in [-0.2, -0.15) is 0 Å². The zero-order chi connectivity index (χ0) is 12.1. The highest BCUT2D eigenvalue weighted by Gasteiger charge is 2.42. The van der Waals surface area contributed by atoms with Gasteiger partial charge >= 0.3 is 0 Å². The molecule has 0 aromatic rings. The summed E-state index contributed by atoms with van der Waals surface area (Å²) in [4.78, 5) is 11.5. The van der Waals surface area contributed by atoms with Gasteiger partial charge in [0.1, 0.15) is 0 Å². The van der Waals surface area contributed by atoms with Crippen molar-refractivity contribution in [3.8, 4) is 0 Å². The lowest BCUT2D eigenvalue weighted by Gasteiger charge is -2.45. The minimum atomic E-state index is 0.190. The summed E-state index contributed by atoms with van der Waals surface area (Å²) in [6, 6.07) is 0. The van der Waals surface area contributed by atoms with Crippen LogP contribution in [-0.4, -0.2) is 5.78 Å². The number of fused-ring (bicyclic) bond motifs is 5. The van der Waals surface area contributed by atoms with Gasteiger partial charge in [0.25, 0.3) is 0 Å². The fourth-order valence-corrected chi connectivity index (χ4v) is 4.46. The van der Waals surface area contributed by atoms with E-state index in [9.17, 15) is 4.79 Å². The molecule has 0 saturated heterocycles. The van der Waals surface area contributed by atoms with Crippen LogP contribution < -0.4 is 0 Å². The molecular formula is C17H18O. The molecular weight excluding hydrogens is 220 g/mol. The van der Waals surface area contributed by atoms with E-state index >= 15 is 0 Å². The van der Waals surface area contributed by atoms with Gasteiger partial charge < -0.3 is 0 Å². The minimum absolute atomic E-state index is 0.190. The average molecular weight is 238 g/mol. The number of allylic oxidation sites excluding steroid dienone is 8. The average Bonchev–Trinajstić information content (AvgIpc) is 2.86. The van der Waals surface area contributed by atoms with Gasteiger partial charge in [-0.25, -0.2) is 0 Å². The molecule has 4 aliphatic rings. The van der Waals surface area contributed by atoms with Crippen molar-refractivity contribution in [3.05, 3.63) is 47.6 Å². The first-order chi connectivity index (χ1) is 8.83. The summed E-state index contributed by atoms with van der Waals surface area (Å²) in [5.41, 5.74) is 3.07. The molecule has 4 aliphatic carbocycles. The molecule has 4 atom stereocenters. The maximum absolute atomic E-state index is 11.5. The molecule has 0 heterocycles. The third kappa shape index (κ3) is 1.43. The number of carbonyl (C=O) groups excluding carboxylic acids is 1. The lowest BCUT2D eigenvalue weighted by molar-refractivity contribution is -0.110. The number of rotatable bonds is 0. The van der Waals surface area contributed by atoms with Crippen LogP contribution in [0.1, 0.15) is 25.7 Å². The van der Waals surface area contributed by atoms with E-state index in [-0.39, 0.29) is 5.78 Å². The van der Waals surface area contributed by atoms with Gasteiger partial charge in [0.15, 0.2) is 5.78 Å². The van der Waals surface area contributed by atoms with E-state index in [1.165, 1.54) is 24.8 Å². The zero-order valence-corrected chi connectivity index (χ0v) is 10.5. The van der Waals surface area contributed by atoms with E-state index < -0.39 is 0 Å². The first kappa shape index (κ1) is 10.5. The first-order valence-corrected chi connectivity index (χ1v) is 7.14. The Morgan fingerprint density at radius 2 is 2.06 bits per heavy atom. The molecule has 92 valence electrons. The van der Waals surface area contributed by atoms with Gasteiger partial charge in [-0.3, -0.25) is 4.79 Å². The van der Waals surface area contributed by atoms with Crippen LogP contribution in [0.15, 0.2) is 47.6 Å². The molecule has 4 rings (SSSR count). The summed E-state index contributed by atoms with van der Waals surface area (Å²) in [5.74, 6) is 2.97. The van der Waals surface area contributed by atoms with Crippen LogP contribution in [0.3, 0.4) is 0 Å². The highest BCUT2D eigenvalue weighted by molar-refractivity contribution is 6.00. The van der Waals surface area contributed by atoms with Crippen LogP contribution in [0.5, 0.6) is 0 Å². The normalized spacial score (nSPS) is 40.8. The van der Waals surface area contributed by atoms with Crippen molar-refractivity contribution in [2.24, 2.45) is 23.7 Å². The molecule has 1 heteroatoms. The van der Waals surface area contributed by atoms with Crippen molar-refractivity contribution in [3.63, 3.8) is 0 Å². The second-order valence-electron chi connectivity index (χ2n) is 6.05. The molecule has 0 aromatic carbocycles. The smallest absolute Gasteiger partial charge is 0.178 e. The Labute approximate surface area is 108 Å². The van der Waals surface area contributed by atoms with E-state index in [1.807, 2.05) is 6.08 Å². The standard InChI is InChI=1S/C17H18O/c18-13-6-9-15-12(10-13)5-8-16-14-3-1-2-11(14)4-7-17(15)16/h1-3,6,9-11,15-17H,4-5,7-8H2. The number of hydrogen-bond donors (Lipinski definition) is 0. The van der Waals surface area contributed by atoms with Crippen LogP contribution in [0, 0.1) is 23.7 Å².